The summed E-state index contributed by atoms with van der Waals surface area (Å²) in [5.41, 5.74) is 1.96. The van der Waals surface area contributed by atoms with Crippen LogP contribution in [0.5, 0.6) is 5.75 Å². The van der Waals surface area contributed by atoms with Gasteiger partial charge in [-0.1, -0.05) is 26.2 Å². The van der Waals surface area contributed by atoms with Gasteiger partial charge in [0.1, 0.15) is 12.4 Å². The molecule has 2 heterocycles. The minimum Gasteiger partial charge on any atom is -0.488 e. The van der Waals surface area contributed by atoms with Gasteiger partial charge >= 0.3 is 0 Å². The Labute approximate surface area is 125 Å². The number of hydrogen-bond acceptors (Lipinski definition) is 3. The van der Waals surface area contributed by atoms with E-state index in [0.717, 1.165) is 43.2 Å². The molecule has 0 atom stereocenters. The Morgan fingerprint density at radius 2 is 1.95 bits per heavy atom. The van der Waals surface area contributed by atoms with Crippen LogP contribution in [-0.2, 0) is 13.0 Å². The van der Waals surface area contributed by atoms with E-state index < -0.39 is 5.95 Å². The second kappa shape index (κ2) is 8.35. The molecule has 2 aromatic rings. The lowest BCUT2D eigenvalue weighted by Crippen LogP contribution is -2.01. The van der Waals surface area contributed by atoms with E-state index in [9.17, 15) is 4.39 Å². The van der Waals surface area contributed by atoms with Gasteiger partial charge in [-0.05, 0) is 30.5 Å². The molecule has 0 spiro atoms. The van der Waals surface area contributed by atoms with Crippen molar-refractivity contribution in [3.63, 3.8) is 0 Å². The first kappa shape index (κ1) is 15.4. The fourth-order valence-electron chi connectivity index (χ4n) is 2.07. The number of halogens is 1. The largest absolute Gasteiger partial charge is 0.488 e. The van der Waals surface area contributed by atoms with E-state index >= 15 is 0 Å². The topological polar surface area (TPSA) is 35.0 Å². The summed E-state index contributed by atoms with van der Waals surface area (Å²) in [6.07, 6.45) is 10.1. The van der Waals surface area contributed by atoms with Crippen LogP contribution in [0.3, 0.4) is 0 Å². The summed E-state index contributed by atoms with van der Waals surface area (Å²) >= 11 is 0. The summed E-state index contributed by atoms with van der Waals surface area (Å²) in [6.45, 7) is 4.23. The Balaban J connectivity index is 1.97. The van der Waals surface area contributed by atoms with Gasteiger partial charge < -0.3 is 4.74 Å². The van der Waals surface area contributed by atoms with E-state index in [4.69, 9.17) is 4.74 Å². The van der Waals surface area contributed by atoms with Crippen molar-refractivity contribution >= 4 is 0 Å². The molecule has 0 aliphatic rings. The molecule has 4 heteroatoms. The van der Waals surface area contributed by atoms with Crippen molar-refractivity contribution in [2.45, 2.75) is 38.7 Å². The Morgan fingerprint density at radius 3 is 2.71 bits per heavy atom. The summed E-state index contributed by atoms with van der Waals surface area (Å²) < 4.78 is 19.0. The van der Waals surface area contributed by atoms with Crippen LogP contribution in [0.1, 0.15) is 36.8 Å². The van der Waals surface area contributed by atoms with Crippen LogP contribution in [0.4, 0.5) is 4.39 Å². The maximum atomic E-state index is 13.3. The number of aromatic nitrogens is 2. The summed E-state index contributed by atoms with van der Waals surface area (Å²) in [7, 11) is 0. The lowest BCUT2D eigenvalue weighted by Gasteiger charge is -2.11. The third-order valence-corrected chi connectivity index (χ3v) is 3.25. The van der Waals surface area contributed by atoms with Gasteiger partial charge in [0.25, 0.3) is 0 Å². The summed E-state index contributed by atoms with van der Waals surface area (Å²) in [4.78, 5) is 7.68. The fraction of sp³-hybridized carbons (Fsp3) is 0.353. The number of aryl methyl sites for hydroxylation is 1. The van der Waals surface area contributed by atoms with Crippen LogP contribution in [0.25, 0.3) is 0 Å². The van der Waals surface area contributed by atoms with Gasteiger partial charge in [-0.2, -0.15) is 4.39 Å². The summed E-state index contributed by atoms with van der Waals surface area (Å²) in [5, 5.41) is 0. The molecule has 21 heavy (non-hydrogen) atoms. The number of pyridine rings is 2. The van der Waals surface area contributed by atoms with Crippen LogP contribution in [0.15, 0.2) is 36.8 Å². The van der Waals surface area contributed by atoms with Gasteiger partial charge in [0.05, 0.1) is 0 Å². The van der Waals surface area contributed by atoms with E-state index in [0.29, 0.717) is 12.4 Å². The maximum absolute atomic E-state index is 13.3. The van der Waals surface area contributed by atoms with E-state index in [2.05, 4.69) is 16.9 Å². The third-order valence-electron chi connectivity index (χ3n) is 3.25. The normalized spacial score (nSPS) is 10.6. The number of rotatable bonds is 8. The minimum atomic E-state index is -0.513. The highest BCUT2D eigenvalue weighted by molar-refractivity contribution is 5.31. The predicted molar refractivity (Wildman–Crippen MR) is 80.3 cm³/mol. The molecule has 0 bridgehead atoms. The number of nitrogens with zero attached hydrogens (tertiary/aromatic N) is 2. The zero-order valence-electron chi connectivity index (χ0n) is 12.1. The molecule has 1 radical (unpaired) electrons. The molecule has 0 aromatic carbocycles. The van der Waals surface area contributed by atoms with Crippen molar-refractivity contribution in [3.05, 3.63) is 60.8 Å². The van der Waals surface area contributed by atoms with Crippen molar-refractivity contribution in [1.82, 2.24) is 9.97 Å². The number of unbranched alkanes of at least 4 members (excludes halogenated alkanes) is 3. The second-order valence-electron chi connectivity index (χ2n) is 4.92. The fourth-order valence-corrected chi connectivity index (χ4v) is 2.07. The van der Waals surface area contributed by atoms with E-state index in [-0.39, 0.29) is 0 Å². The molecule has 0 aliphatic heterocycles. The molecule has 0 saturated carbocycles. The highest BCUT2D eigenvalue weighted by Crippen LogP contribution is 2.22. The molecule has 0 unspecified atom stereocenters. The first-order chi connectivity index (χ1) is 10.3. The quantitative estimate of drug-likeness (QED) is 0.541. The van der Waals surface area contributed by atoms with Gasteiger partial charge in [-0.3, -0.25) is 4.98 Å². The van der Waals surface area contributed by atoms with E-state index in [1.165, 1.54) is 6.07 Å². The van der Waals surface area contributed by atoms with Gasteiger partial charge in [0, 0.05) is 30.2 Å². The lowest BCUT2D eigenvalue weighted by atomic mass is 10.1. The number of hydrogen-bond donors (Lipinski definition) is 0. The summed E-state index contributed by atoms with van der Waals surface area (Å²) in [5.74, 6) is 0.0650. The lowest BCUT2D eigenvalue weighted by molar-refractivity contribution is 0.299. The monoisotopic (exact) mass is 287 g/mol. The molecular formula is C17H20FN2O. The van der Waals surface area contributed by atoms with Crippen LogP contribution in [0.2, 0.25) is 0 Å². The van der Waals surface area contributed by atoms with E-state index in [1.54, 1.807) is 18.6 Å². The van der Waals surface area contributed by atoms with Crippen LogP contribution < -0.4 is 4.74 Å². The molecule has 2 rings (SSSR count). The Bertz CT molecular complexity index is 546. The summed E-state index contributed by atoms with van der Waals surface area (Å²) in [6, 6.07) is 5.12. The smallest absolute Gasteiger partial charge is 0.216 e. The van der Waals surface area contributed by atoms with Crippen molar-refractivity contribution in [2.75, 3.05) is 0 Å². The molecule has 2 aromatic heterocycles. The van der Waals surface area contributed by atoms with Gasteiger partial charge in [0.2, 0.25) is 5.95 Å². The minimum absolute atomic E-state index is 0.401. The first-order valence-electron chi connectivity index (χ1n) is 7.25. The Morgan fingerprint density at radius 1 is 1.14 bits per heavy atom. The second-order valence-corrected chi connectivity index (χ2v) is 4.92. The molecule has 0 aliphatic carbocycles. The Kier molecular flexibility index (Phi) is 6.13. The molecular weight excluding hydrogens is 267 g/mol. The predicted octanol–water partition coefficient (Wildman–Crippen LogP) is 4.13. The molecule has 111 valence electrons. The van der Waals surface area contributed by atoms with Gasteiger partial charge in [-0.15, -0.1) is 0 Å². The average Bonchev–Trinajstić information content (AvgIpc) is 2.52. The van der Waals surface area contributed by atoms with Crippen LogP contribution in [-0.4, -0.2) is 9.97 Å². The zero-order chi connectivity index (χ0) is 14.9. The van der Waals surface area contributed by atoms with Crippen molar-refractivity contribution in [3.8, 4) is 5.75 Å². The van der Waals surface area contributed by atoms with Crippen molar-refractivity contribution in [1.29, 1.82) is 0 Å². The Hall–Kier alpha value is -1.97. The molecule has 0 amide bonds. The van der Waals surface area contributed by atoms with Gasteiger partial charge in [-0.25, -0.2) is 4.98 Å². The van der Waals surface area contributed by atoms with Crippen molar-refractivity contribution in [2.24, 2.45) is 0 Å². The standard InChI is InChI=1S/C17H20FN2O/c1-2-3-4-5-6-15-12-20-17(18)11-16(15)21-13-14-7-9-19-10-8-14/h7-12H,1-6,13H2. The molecule has 3 nitrogen and oxygen atoms in total. The zero-order valence-corrected chi connectivity index (χ0v) is 12.1. The van der Waals surface area contributed by atoms with Gasteiger partial charge in [0.15, 0.2) is 0 Å². The SMILES string of the molecule is [CH2]CCCCCc1cnc(F)cc1OCc1ccncc1. The van der Waals surface area contributed by atoms with Crippen LogP contribution in [0, 0.1) is 12.9 Å². The first-order valence-corrected chi connectivity index (χ1v) is 7.25. The number of ether oxygens (including phenoxy) is 1. The van der Waals surface area contributed by atoms with Crippen LogP contribution >= 0.6 is 0 Å². The molecule has 0 N–H and O–H groups in total. The maximum Gasteiger partial charge on any atom is 0.216 e. The molecule has 0 fully saturated rings. The highest BCUT2D eigenvalue weighted by Gasteiger charge is 2.07. The molecule has 0 saturated heterocycles. The van der Waals surface area contributed by atoms with Crippen molar-refractivity contribution < 1.29 is 9.13 Å². The average molecular weight is 287 g/mol. The van der Waals surface area contributed by atoms with E-state index in [1.807, 2.05) is 12.1 Å². The highest BCUT2D eigenvalue weighted by atomic mass is 19.1. The third kappa shape index (κ3) is 5.14.